The van der Waals surface area contributed by atoms with Gasteiger partial charge in [0.2, 0.25) is 0 Å². The van der Waals surface area contributed by atoms with Crippen molar-refractivity contribution >= 4 is 21.6 Å². The van der Waals surface area contributed by atoms with Gasteiger partial charge >= 0.3 is 0 Å². The third-order valence-electron chi connectivity index (χ3n) is 3.80. The van der Waals surface area contributed by atoms with Crippen molar-refractivity contribution in [3.05, 3.63) is 28.2 Å². The SMILES string of the molecule is CC(CC1CCCCCN1)Nc1ccc(Br)cc1C#N. The van der Waals surface area contributed by atoms with E-state index in [0.717, 1.165) is 23.1 Å². The summed E-state index contributed by atoms with van der Waals surface area (Å²) < 4.78 is 0.942. The minimum absolute atomic E-state index is 0.360. The molecule has 4 heteroatoms. The van der Waals surface area contributed by atoms with Crippen LogP contribution in [0.15, 0.2) is 22.7 Å². The summed E-state index contributed by atoms with van der Waals surface area (Å²) in [6.07, 6.45) is 6.32. The van der Waals surface area contributed by atoms with E-state index >= 15 is 0 Å². The van der Waals surface area contributed by atoms with Gasteiger partial charge in [0.15, 0.2) is 0 Å². The van der Waals surface area contributed by atoms with E-state index in [1.807, 2.05) is 18.2 Å². The molecule has 1 saturated heterocycles. The van der Waals surface area contributed by atoms with Crippen molar-refractivity contribution in [2.45, 2.75) is 51.1 Å². The van der Waals surface area contributed by atoms with E-state index in [1.165, 1.54) is 25.7 Å². The first kappa shape index (κ1) is 15.3. The molecule has 1 aromatic carbocycles. The van der Waals surface area contributed by atoms with Gasteiger partial charge in [0, 0.05) is 16.6 Å². The summed E-state index contributed by atoms with van der Waals surface area (Å²) in [5.41, 5.74) is 1.62. The first-order valence-corrected chi connectivity index (χ1v) is 8.18. The topological polar surface area (TPSA) is 47.8 Å². The highest BCUT2D eigenvalue weighted by Crippen LogP contribution is 2.22. The zero-order valence-electron chi connectivity index (χ0n) is 12.0. The van der Waals surface area contributed by atoms with E-state index in [9.17, 15) is 5.26 Å². The van der Waals surface area contributed by atoms with E-state index < -0.39 is 0 Å². The minimum Gasteiger partial charge on any atom is -0.381 e. The molecule has 0 spiro atoms. The predicted octanol–water partition coefficient (Wildman–Crippen LogP) is 4.04. The first-order chi connectivity index (χ1) is 9.69. The number of halogens is 1. The van der Waals surface area contributed by atoms with Gasteiger partial charge in [0.05, 0.1) is 11.3 Å². The number of nitrogens with zero attached hydrogens (tertiary/aromatic N) is 1. The van der Waals surface area contributed by atoms with E-state index in [1.54, 1.807) is 0 Å². The standard InChI is InChI=1S/C16H22BrN3/c1-12(9-15-5-3-2-4-8-19-15)20-16-7-6-14(17)10-13(16)11-18/h6-7,10,12,15,19-20H,2-5,8-9H2,1H3. The fourth-order valence-corrected chi connectivity index (χ4v) is 3.15. The van der Waals surface area contributed by atoms with Gasteiger partial charge in [-0.1, -0.05) is 28.8 Å². The van der Waals surface area contributed by atoms with Gasteiger partial charge < -0.3 is 10.6 Å². The van der Waals surface area contributed by atoms with Gasteiger partial charge in [-0.25, -0.2) is 0 Å². The molecule has 1 heterocycles. The lowest BCUT2D eigenvalue weighted by Gasteiger charge is -2.22. The van der Waals surface area contributed by atoms with Gasteiger partial charge in [-0.05, 0) is 50.9 Å². The van der Waals surface area contributed by atoms with Crippen LogP contribution in [0.3, 0.4) is 0 Å². The normalized spacial score (nSPS) is 20.8. The van der Waals surface area contributed by atoms with E-state index in [-0.39, 0.29) is 0 Å². The monoisotopic (exact) mass is 335 g/mol. The number of hydrogen-bond donors (Lipinski definition) is 2. The van der Waals surface area contributed by atoms with Crippen molar-refractivity contribution in [2.24, 2.45) is 0 Å². The number of nitriles is 1. The van der Waals surface area contributed by atoms with Crippen molar-refractivity contribution in [1.29, 1.82) is 5.26 Å². The number of nitrogens with one attached hydrogen (secondary N) is 2. The molecule has 0 aliphatic carbocycles. The number of rotatable bonds is 4. The van der Waals surface area contributed by atoms with Crippen LogP contribution in [0.25, 0.3) is 0 Å². The Balaban J connectivity index is 1.94. The molecule has 1 aliphatic rings. The van der Waals surface area contributed by atoms with Crippen LogP contribution < -0.4 is 10.6 Å². The second-order valence-electron chi connectivity index (χ2n) is 5.58. The number of benzene rings is 1. The van der Waals surface area contributed by atoms with Gasteiger partial charge in [-0.3, -0.25) is 0 Å². The van der Waals surface area contributed by atoms with Crippen molar-refractivity contribution < 1.29 is 0 Å². The predicted molar refractivity (Wildman–Crippen MR) is 86.8 cm³/mol. The van der Waals surface area contributed by atoms with Gasteiger partial charge in [-0.15, -0.1) is 0 Å². The number of anilines is 1. The maximum Gasteiger partial charge on any atom is 0.101 e. The minimum atomic E-state index is 0.360. The average Bonchev–Trinajstić information content (AvgIpc) is 2.69. The van der Waals surface area contributed by atoms with Crippen LogP contribution in [0.2, 0.25) is 0 Å². The molecule has 2 unspecified atom stereocenters. The summed E-state index contributed by atoms with van der Waals surface area (Å²) in [5, 5.41) is 16.3. The molecule has 0 bridgehead atoms. The average molecular weight is 336 g/mol. The van der Waals surface area contributed by atoms with Crippen LogP contribution in [-0.4, -0.2) is 18.6 Å². The van der Waals surface area contributed by atoms with Crippen molar-refractivity contribution in [1.82, 2.24) is 5.32 Å². The first-order valence-electron chi connectivity index (χ1n) is 7.38. The molecular formula is C16H22BrN3. The second kappa shape index (κ2) is 7.66. The Morgan fingerprint density at radius 2 is 2.30 bits per heavy atom. The van der Waals surface area contributed by atoms with Gasteiger partial charge in [0.1, 0.15) is 6.07 Å². The van der Waals surface area contributed by atoms with E-state index in [4.69, 9.17) is 0 Å². The lowest BCUT2D eigenvalue weighted by atomic mass is 10.0. The molecule has 0 radical (unpaired) electrons. The van der Waals surface area contributed by atoms with Crippen LogP contribution in [0.4, 0.5) is 5.69 Å². The Kier molecular flexibility index (Phi) is 5.87. The van der Waals surface area contributed by atoms with Gasteiger partial charge in [-0.2, -0.15) is 5.26 Å². The summed E-state index contributed by atoms with van der Waals surface area (Å²) in [6, 6.07) is 9.01. The Labute approximate surface area is 129 Å². The molecule has 2 rings (SSSR count). The Morgan fingerprint density at radius 3 is 3.10 bits per heavy atom. The third-order valence-corrected chi connectivity index (χ3v) is 4.30. The molecule has 2 atom stereocenters. The molecule has 0 saturated carbocycles. The molecular weight excluding hydrogens is 314 g/mol. The maximum atomic E-state index is 9.19. The molecule has 1 aliphatic heterocycles. The fraction of sp³-hybridized carbons (Fsp3) is 0.562. The summed E-state index contributed by atoms with van der Waals surface area (Å²) in [5.74, 6) is 0. The fourth-order valence-electron chi connectivity index (χ4n) is 2.79. The lowest BCUT2D eigenvalue weighted by Crippen LogP contribution is -2.33. The van der Waals surface area contributed by atoms with Crippen molar-refractivity contribution in [3.63, 3.8) is 0 Å². The van der Waals surface area contributed by atoms with Crippen LogP contribution in [0.1, 0.15) is 44.6 Å². The lowest BCUT2D eigenvalue weighted by molar-refractivity contribution is 0.456. The summed E-state index contributed by atoms with van der Waals surface area (Å²) in [6.45, 7) is 3.33. The Morgan fingerprint density at radius 1 is 1.45 bits per heavy atom. The molecule has 0 aromatic heterocycles. The molecule has 1 aromatic rings. The highest BCUT2D eigenvalue weighted by molar-refractivity contribution is 9.10. The van der Waals surface area contributed by atoms with E-state index in [0.29, 0.717) is 17.6 Å². The smallest absolute Gasteiger partial charge is 0.101 e. The largest absolute Gasteiger partial charge is 0.381 e. The second-order valence-corrected chi connectivity index (χ2v) is 6.50. The van der Waals surface area contributed by atoms with Crippen LogP contribution in [0, 0.1) is 11.3 Å². The molecule has 1 fully saturated rings. The Hall–Kier alpha value is -1.05. The zero-order valence-corrected chi connectivity index (χ0v) is 13.5. The Bertz CT molecular complexity index is 473. The van der Waals surface area contributed by atoms with Crippen molar-refractivity contribution in [3.8, 4) is 6.07 Å². The van der Waals surface area contributed by atoms with Crippen LogP contribution in [0.5, 0.6) is 0 Å². The van der Waals surface area contributed by atoms with Crippen LogP contribution >= 0.6 is 15.9 Å². The quantitative estimate of drug-likeness (QED) is 0.872. The molecule has 20 heavy (non-hydrogen) atoms. The maximum absolute atomic E-state index is 9.19. The third kappa shape index (κ3) is 4.50. The molecule has 108 valence electrons. The number of hydrogen-bond acceptors (Lipinski definition) is 3. The summed E-state index contributed by atoms with van der Waals surface area (Å²) >= 11 is 3.40. The van der Waals surface area contributed by atoms with E-state index in [2.05, 4.69) is 39.6 Å². The highest BCUT2D eigenvalue weighted by atomic mass is 79.9. The zero-order chi connectivity index (χ0) is 14.4. The van der Waals surface area contributed by atoms with Crippen molar-refractivity contribution in [2.75, 3.05) is 11.9 Å². The molecule has 0 amide bonds. The molecule has 2 N–H and O–H groups in total. The van der Waals surface area contributed by atoms with Gasteiger partial charge in [0.25, 0.3) is 0 Å². The molecule has 3 nitrogen and oxygen atoms in total. The van der Waals surface area contributed by atoms with Crippen LogP contribution in [-0.2, 0) is 0 Å². The highest BCUT2D eigenvalue weighted by Gasteiger charge is 2.15. The summed E-state index contributed by atoms with van der Waals surface area (Å²) in [7, 11) is 0. The summed E-state index contributed by atoms with van der Waals surface area (Å²) in [4.78, 5) is 0.